The molecule has 2 unspecified atom stereocenters. The summed E-state index contributed by atoms with van der Waals surface area (Å²) in [4.78, 5) is 24.0. The van der Waals surface area contributed by atoms with Crippen molar-refractivity contribution in [2.24, 2.45) is 40.9 Å². The Balaban J connectivity index is 1.85. The first kappa shape index (κ1) is 8.49. The predicted octanol–water partition coefficient (Wildman–Crippen LogP) is 1.68. The van der Waals surface area contributed by atoms with Crippen LogP contribution >= 0.6 is 0 Å². The highest BCUT2D eigenvalue weighted by atomic mass is 16.1. The van der Waals surface area contributed by atoms with E-state index in [2.05, 4.69) is 13.8 Å². The van der Waals surface area contributed by atoms with Crippen LogP contribution in [0.2, 0.25) is 0 Å². The van der Waals surface area contributed by atoms with E-state index in [0.29, 0.717) is 41.2 Å². The molecule has 6 atom stereocenters. The number of ketones is 2. The van der Waals surface area contributed by atoms with E-state index >= 15 is 0 Å². The zero-order valence-corrected chi connectivity index (χ0v) is 9.19. The molecular formula is C13H16O2. The molecule has 0 saturated heterocycles. The average Bonchev–Trinajstić information content (AvgIpc) is 2.52. The fraction of sp³-hybridized carbons (Fsp3) is 0.846. The molecule has 0 aromatic rings. The first-order valence-electron chi connectivity index (χ1n) is 6.12. The number of carbonyl (C=O) groups excluding carboxylic acids is 2. The summed E-state index contributed by atoms with van der Waals surface area (Å²) in [6, 6.07) is 0. The first-order valence-corrected chi connectivity index (χ1v) is 6.12. The van der Waals surface area contributed by atoms with Gasteiger partial charge in [-0.1, -0.05) is 13.8 Å². The van der Waals surface area contributed by atoms with Crippen molar-refractivity contribution in [2.75, 3.05) is 0 Å². The van der Waals surface area contributed by atoms with Gasteiger partial charge in [-0.2, -0.15) is 0 Å². The number of hydrogen-bond donors (Lipinski definition) is 0. The van der Waals surface area contributed by atoms with E-state index in [1.54, 1.807) is 0 Å². The number of carbonyl (C=O) groups is 2. The van der Waals surface area contributed by atoms with Crippen molar-refractivity contribution in [1.82, 2.24) is 0 Å². The third-order valence-corrected chi connectivity index (χ3v) is 5.76. The second kappa shape index (κ2) is 2.07. The molecule has 2 heteroatoms. The molecule has 4 aliphatic rings. The SMILES string of the molecule is CC1(C)C(=O)C2C3[C@H]2[C@H]1[C@H]1C(=O)CC[C@@H]31. The van der Waals surface area contributed by atoms with Crippen LogP contribution in [0, 0.1) is 40.9 Å². The molecule has 0 amide bonds. The van der Waals surface area contributed by atoms with Crippen molar-refractivity contribution < 1.29 is 9.59 Å². The molecule has 15 heavy (non-hydrogen) atoms. The topological polar surface area (TPSA) is 34.1 Å². The number of Topliss-reactive ketones (excluding diaryl/α,β-unsaturated/α-hetero) is 2. The standard InChI is InChI=1S/C13H16O2/c1-13(2)11-7-5(3-4-6(7)14)8-9(11)10(8)12(13)15/h5,7-11H,3-4H2,1-2H3/t5-,7-,8?,9-,10?,11-/m1/s1. The van der Waals surface area contributed by atoms with Crippen molar-refractivity contribution in [1.29, 1.82) is 0 Å². The van der Waals surface area contributed by atoms with Crippen LogP contribution in [0.15, 0.2) is 0 Å². The van der Waals surface area contributed by atoms with Gasteiger partial charge in [-0.05, 0) is 30.1 Å². The van der Waals surface area contributed by atoms with E-state index in [4.69, 9.17) is 0 Å². The van der Waals surface area contributed by atoms with Crippen LogP contribution in [-0.2, 0) is 9.59 Å². The number of fused-ring (bicyclic) bond motifs is 4. The Morgan fingerprint density at radius 3 is 2.60 bits per heavy atom. The highest BCUT2D eigenvalue weighted by Gasteiger charge is 2.80. The predicted molar refractivity (Wildman–Crippen MR) is 54.0 cm³/mol. The lowest BCUT2D eigenvalue weighted by atomic mass is 9.73. The minimum absolute atomic E-state index is 0.203. The van der Waals surface area contributed by atoms with Gasteiger partial charge in [-0.25, -0.2) is 0 Å². The highest BCUT2D eigenvalue weighted by Crippen LogP contribution is 2.77. The van der Waals surface area contributed by atoms with Gasteiger partial charge < -0.3 is 0 Å². The highest BCUT2D eigenvalue weighted by molar-refractivity contribution is 5.97. The Kier molecular flexibility index (Phi) is 1.17. The number of rotatable bonds is 0. The van der Waals surface area contributed by atoms with Crippen molar-refractivity contribution in [3.63, 3.8) is 0 Å². The van der Waals surface area contributed by atoms with E-state index in [-0.39, 0.29) is 11.3 Å². The molecule has 0 heterocycles. The quantitative estimate of drug-likeness (QED) is 0.601. The van der Waals surface area contributed by atoms with Crippen molar-refractivity contribution in [3.8, 4) is 0 Å². The minimum Gasteiger partial charge on any atom is -0.299 e. The molecule has 4 fully saturated rings. The molecule has 4 aliphatic carbocycles. The van der Waals surface area contributed by atoms with Gasteiger partial charge >= 0.3 is 0 Å². The Hall–Kier alpha value is -0.660. The Morgan fingerprint density at radius 2 is 1.87 bits per heavy atom. The number of hydrogen-bond acceptors (Lipinski definition) is 2. The third kappa shape index (κ3) is 0.677. The van der Waals surface area contributed by atoms with E-state index in [1.807, 2.05) is 0 Å². The van der Waals surface area contributed by atoms with Crippen LogP contribution in [0.5, 0.6) is 0 Å². The Labute approximate surface area is 89.4 Å². The fourth-order valence-electron chi connectivity index (χ4n) is 5.28. The summed E-state index contributed by atoms with van der Waals surface area (Å²) in [5.74, 6) is 3.75. The molecule has 80 valence electrons. The van der Waals surface area contributed by atoms with E-state index in [1.165, 1.54) is 0 Å². The van der Waals surface area contributed by atoms with Crippen molar-refractivity contribution in [3.05, 3.63) is 0 Å². The molecule has 4 saturated carbocycles. The largest absolute Gasteiger partial charge is 0.299 e. The van der Waals surface area contributed by atoms with E-state index in [9.17, 15) is 9.59 Å². The van der Waals surface area contributed by atoms with Gasteiger partial charge in [0.2, 0.25) is 0 Å². The summed E-state index contributed by atoms with van der Waals surface area (Å²) >= 11 is 0. The molecular weight excluding hydrogens is 188 g/mol. The molecule has 2 nitrogen and oxygen atoms in total. The molecule has 0 aromatic carbocycles. The molecule has 0 bridgehead atoms. The van der Waals surface area contributed by atoms with Gasteiger partial charge in [0.15, 0.2) is 0 Å². The van der Waals surface area contributed by atoms with Crippen LogP contribution in [0.4, 0.5) is 0 Å². The van der Waals surface area contributed by atoms with Gasteiger partial charge in [0.05, 0.1) is 0 Å². The van der Waals surface area contributed by atoms with Crippen LogP contribution in [0.3, 0.4) is 0 Å². The van der Waals surface area contributed by atoms with Crippen LogP contribution in [-0.4, -0.2) is 11.6 Å². The molecule has 4 rings (SSSR count). The molecule has 0 N–H and O–H groups in total. The normalized spacial score (nSPS) is 58.3. The van der Waals surface area contributed by atoms with E-state index < -0.39 is 0 Å². The van der Waals surface area contributed by atoms with Gasteiger partial charge in [-0.15, -0.1) is 0 Å². The van der Waals surface area contributed by atoms with Crippen molar-refractivity contribution in [2.45, 2.75) is 26.7 Å². The monoisotopic (exact) mass is 204 g/mol. The van der Waals surface area contributed by atoms with Gasteiger partial charge in [0.25, 0.3) is 0 Å². The lowest BCUT2D eigenvalue weighted by molar-refractivity contribution is -0.129. The first-order chi connectivity index (χ1) is 7.05. The average molecular weight is 204 g/mol. The van der Waals surface area contributed by atoms with Crippen LogP contribution in [0.25, 0.3) is 0 Å². The zero-order chi connectivity index (χ0) is 10.5. The Bertz CT molecular complexity index is 395. The summed E-state index contributed by atoms with van der Waals surface area (Å²) in [6.07, 6.45) is 1.85. The third-order valence-electron chi connectivity index (χ3n) is 5.76. The lowest BCUT2D eigenvalue weighted by Gasteiger charge is -2.29. The zero-order valence-electron chi connectivity index (χ0n) is 9.19. The molecule has 0 radical (unpaired) electrons. The van der Waals surface area contributed by atoms with Gasteiger partial charge in [0.1, 0.15) is 11.6 Å². The molecule has 0 aliphatic heterocycles. The second-order valence-corrected chi connectivity index (χ2v) is 6.49. The minimum atomic E-state index is -0.203. The summed E-state index contributed by atoms with van der Waals surface area (Å²) in [7, 11) is 0. The van der Waals surface area contributed by atoms with Gasteiger partial charge in [0, 0.05) is 23.7 Å². The summed E-state index contributed by atoms with van der Waals surface area (Å²) < 4.78 is 0. The lowest BCUT2D eigenvalue weighted by Crippen LogP contribution is -2.33. The van der Waals surface area contributed by atoms with Crippen LogP contribution < -0.4 is 0 Å². The Morgan fingerprint density at radius 1 is 1.13 bits per heavy atom. The maximum absolute atomic E-state index is 12.2. The smallest absolute Gasteiger partial charge is 0.142 e. The maximum Gasteiger partial charge on any atom is 0.142 e. The summed E-state index contributed by atoms with van der Waals surface area (Å²) in [5.41, 5.74) is -0.203. The molecule has 0 aromatic heterocycles. The fourth-order valence-corrected chi connectivity index (χ4v) is 5.28. The van der Waals surface area contributed by atoms with Gasteiger partial charge in [-0.3, -0.25) is 9.59 Å². The maximum atomic E-state index is 12.2. The molecule has 0 spiro atoms. The van der Waals surface area contributed by atoms with Crippen LogP contribution in [0.1, 0.15) is 26.7 Å². The van der Waals surface area contributed by atoms with Crippen molar-refractivity contribution >= 4 is 11.6 Å². The second-order valence-electron chi connectivity index (χ2n) is 6.49. The summed E-state index contributed by atoms with van der Waals surface area (Å²) in [6.45, 7) is 4.13. The van der Waals surface area contributed by atoms with E-state index in [0.717, 1.165) is 12.8 Å². The summed E-state index contributed by atoms with van der Waals surface area (Å²) in [5, 5.41) is 0.